The largest absolute Gasteiger partial charge is 0.462 e. The van der Waals surface area contributed by atoms with E-state index in [9.17, 15) is 19.3 Å². The van der Waals surface area contributed by atoms with Crippen molar-refractivity contribution in [2.75, 3.05) is 6.61 Å². The molecule has 0 aliphatic carbocycles. The van der Waals surface area contributed by atoms with Gasteiger partial charge in [0.15, 0.2) is 11.4 Å². The molecule has 1 aromatic carbocycles. The van der Waals surface area contributed by atoms with Crippen molar-refractivity contribution in [3.8, 4) is 11.6 Å². The number of ether oxygens (including phenoxy) is 3. The molecule has 4 N–H and O–H groups in total. The first-order valence-electron chi connectivity index (χ1n) is 11.7. The van der Waals surface area contributed by atoms with Crippen LogP contribution in [0.5, 0.6) is 11.6 Å². The number of benzene rings is 1. The number of halogens is 2. The minimum atomic E-state index is -4.32. The van der Waals surface area contributed by atoms with E-state index in [1.54, 1.807) is 32.0 Å². The van der Waals surface area contributed by atoms with Crippen LogP contribution in [0.15, 0.2) is 41.1 Å². The molecule has 2 heterocycles. The lowest BCUT2D eigenvalue weighted by molar-refractivity contribution is -0.149. The molecule has 6 atom stereocenters. The van der Waals surface area contributed by atoms with Crippen molar-refractivity contribution in [2.45, 2.75) is 64.0 Å². The van der Waals surface area contributed by atoms with E-state index in [2.05, 4.69) is 31.0 Å². The normalized spacial score (nSPS) is 25.1. The molecule has 0 radical (unpaired) electrons. The highest BCUT2D eigenvalue weighted by Gasteiger charge is 2.56. The Balaban J connectivity index is 1.77. The van der Waals surface area contributed by atoms with Crippen LogP contribution in [0, 0.1) is 0 Å². The highest BCUT2D eigenvalue weighted by molar-refractivity contribution is 9.10. The smallest absolute Gasteiger partial charge is 0.459 e. The van der Waals surface area contributed by atoms with Gasteiger partial charge in [-0.05, 0) is 55.8 Å². The summed E-state index contributed by atoms with van der Waals surface area (Å²) in [4.78, 5) is 31.8. The van der Waals surface area contributed by atoms with E-state index < -0.39 is 74.1 Å². The molecule has 16 heteroatoms. The van der Waals surface area contributed by atoms with Crippen LogP contribution in [0.3, 0.4) is 0 Å². The van der Waals surface area contributed by atoms with Crippen molar-refractivity contribution in [3.63, 3.8) is 0 Å². The zero-order valence-corrected chi connectivity index (χ0v) is 23.9. The molecule has 0 spiro atoms. The minimum absolute atomic E-state index is 0.148. The van der Waals surface area contributed by atoms with E-state index in [4.69, 9.17) is 29.0 Å². The van der Waals surface area contributed by atoms with Gasteiger partial charge in [-0.15, -0.1) is 0 Å². The fourth-order valence-electron chi connectivity index (χ4n) is 3.35. The molecule has 0 bridgehead atoms. The molecule has 1 saturated heterocycles. The second-order valence-corrected chi connectivity index (χ2v) is 11.5. The molecule has 214 valence electrons. The van der Waals surface area contributed by atoms with Gasteiger partial charge in [-0.2, -0.15) is 5.09 Å². The highest BCUT2D eigenvalue weighted by Crippen LogP contribution is 2.46. The summed E-state index contributed by atoms with van der Waals surface area (Å²) in [5.74, 6) is -1.98. The molecule has 1 aliphatic heterocycles. The van der Waals surface area contributed by atoms with Gasteiger partial charge in [0.25, 0.3) is 5.91 Å². The van der Waals surface area contributed by atoms with Gasteiger partial charge in [0.05, 0.1) is 18.9 Å². The van der Waals surface area contributed by atoms with E-state index in [1.807, 2.05) is 0 Å². The first kappa shape index (κ1) is 30.9. The number of esters is 1. The van der Waals surface area contributed by atoms with E-state index >= 15 is 4.39 Å². The minimum Gasteiger partial charge on any atom is -0.462 e. The number of carbonyl (C=O) groups is 2. The third kappa shape index (κ3) is 7.93. The second-order valence-electron chi connectivity index (χ2n) is 8.97. The summed E-state index contributed by atoms with van der Waals surface area (Å²) in [7, 11) is -4.32. The summed E-state index contributed by atoms with van der Waals surface area (Å²) in [6, 6.07) is 6.85. The van der Waals surface area contributed by atoms with Crippen LogP contribution in [0.1, 0.15) is 38.2 Å². The predicted molar refractivity (Wildman–Crippen MR) is 138 cm³/mol. The number of hydrogen-bond donors (Lipinski definition) is 3. The lowest BCUT2D eigenvalue weighted by Gasteiger charge is -2.25. The molecular formula is C23H29BrFN4O9P. The number of nitrogens with one attached hydrogen (secondary N) is 1. The number of aromatic nitrogens is 2. The van der Waals surface area contributed by atoms with Crippen LogP contribution >= 0.6 is 23.7 Å². The summed E-state index contributed by atoms with van der Waals surface area (Å²) >= 11 is 3.05. The summed E-state index contributed by atoms with van der Waals surface area (Å²) in [5.41, 5.74) is 2.36. The molecule has 1 amide bonds. The number of hydrogen-bond acceptors (Lipinski definition) is 11. The molecule has 3 rings (SSSR count). The Morgan fingerprint density at radius 1 is 1.31 bits per heavy atom. The van der Waals surface area contributed by atoms with Gasteiger partial charge >= 0.3 is 13.7 Å². The SMILES string of the molecule is CC(C)OC(=O)C(C)N[P@](=O)(OC[C@H]1O[C@@H](Oc2ncc(Br)nc2C(N)=O)[C@](C)(F)[C@@H]1O)Oc1ccccc1. The lowest BCUT2D eigenvalue weighted by Crippen LogP contribution is -2.44. The molecule has 39 heavy (non-hydrogen) atoms. The number of primary amides is 1. The maximum Gasteiger partial charge on any atom is 0.459 e. The van der Waals surface area contributed by atoms with E-state index in [1.165, 1.54) is 25.3 Å². The lowest BCUT2D eigenvalue weighted by atomic mass is 10.00. The topological polar surface area (TPSA) is 181 Å². The number of aliphatic hydroxyl groups is 1. The number of alkyl halides is 1. The van der Waals surface area contributed by atoms with Crippen LogP contribution in [0.25, 0.3) is 0 Å². The van der Waals surface area contributed by atoms with Crippen molar-refractivity contribution in [1.82, 2.24) is 15.1 Å². The summed E-state index contributed by atoms with van der Waals surface area (Å²) in [6.45, 7) is 5.05. The molecule has 0 saturated carbocycles. The van der Waals surface area contributed by atoms with Crippen molar-refractivity contribution >= 4 is 35.6 Å². The van der Waals surface area contributed by atoms with Crippen LogP contribution < -0.4 is 20.1 Å². The number of para-hydroxylation sites is 1. The Kier molecular flexibility index (Phi) is 10.0. The average Bonchev–Trinajstić information content (AvgIpc) is 3.06. The van der Waals surface area contributed by atoms with E-state index in [-0.39, 0.29) is 10.4 Å². The zero-order valence-electron chi connectivity index (χ0n) is 21.4. The molecular weight excluding hydrogens is 606 g/mol. The fraction of sp³-hybridized carbons (Fsp3) is 0.478. The summed E-state index contributed by atoms with van der Waals surface area (Å²) in [6.07, 6.45) is -4.27. The maximum atomic E-state index is 15.5. The second kappa shape index (κ2) is 12.7. The highest BCUT2D eigenvalue weighted by atomic mass is 79.9. The number of nitrogens with two attached hydrogens (primary N) is 1. The molecule has 13 nitrogen and oxygen atoms in total. The van der Waals surface area contributed by atoms with Gasteiger partial charge in [-0.25, -0.2) is 18.9 Å². The Morgan fingerprint density at radius 3 is 2.59 bits per heavy atom. The third-order valence-electron chi connectivity index (χ3n) is 5.29. The average molecular weight is 635 g/mol. The van der Waals surface area contributed by atoms with Crippen molar-refractivity contribution < 1.29 is 46.9 Å². The van der Waals surface area contributed by atoms with Crippen LogP contribution in [-0.4, -0.2) is 69.9 Å². The van der Waals surface area contributed by atoms with Crippen molar-refractivity contribution in [1.29, 1.82) is 0 Å². The number of aliphatic hydroxyl groups excluding tert-OH is 1. The predicted octanol–water partition coefficient (Wildman–Crippen LogP) is 2.66. The number of nitrogens with zero attached hydrogens (tertiary/aromatic N) is 2. The number of rotatable bonds is 12. The summed E-state index contributed by atoms with van der Waals surface area (Å²) in [5, 5.41) is 13.1. The zero-order chi connectivity index (χ0) is 29.0. The molecule has 1 aliphatic rings. The Morgan fingerprint density at radius 2 is 1.97 bits per heavy atom. The van der Waals surface area contributed by atoms with E-state index in [0.29, 0.717) is 0 Å². The van der Waals surface area contributed by atoms with Gasteiger partial charge in [0.2, 0.25) is 12.2 Å². The number of amides is 1. The first-order valence-corrected chi connectivity index (χ1v) is 14.0. The van der Waals surface area contributed by atoms with Crippen LogP contribution in [0.4, 0.5) is 4.39 Å². The van der Waals surface area contributed by atoms with Crippen LogP contribution in [-0.2, 0) is 23.4 Å². The summed E-state index contributed by atoms with van der Waals surface area (Å²) < 4.78 is 56.4. The molecule has 1 unspecified atom stereocenters. The Labute approximate surface area is 232 Å². The third-order valence-corrected chi connectivity index (χ3v) is 7.31. The Hall–Kier alpha value is -2.68. The van der Waals surface area contributed by atoms with Gasteiger partial charge in [0.1, 0.15) is 28.6 Å². The van der Waals surface area contributed by atoms with Crippen molar-refractivity contribution in [2.24, 2.45) is 5.73 Å². The molecule has 1 aromatic heterocycles. The molecule has 2 aromatic rings. The number of carbonyl (C=O) groups excluding carboxylic acids is 2. The first-order chi connectivity index (χ1) is 18.2. The van der Waals surface area contributed by atoms with Gasteiger partial charge in [-0.3, -0.25) is 14.1 Å². The fourth-order valence-corrected chi connectivity index (χ4v) is 5.13. The quantitative estimate of drug-likeness (QED) is 0.230. The molecule has 1 fully saturated rings. The van der Waals surface area contributed by atoms with Crippen LogP contribution in [0.2, 0.25) is 0 Å². The van der Waals surface area contributed by atoms with Gasteiger partial charge < -0.3 is 29.6 Å². The monoisotopic (exact) mass is 634 g/mol. The van der Waals surface area contributed by atoms with Crippen molar-refractivity contribution in [3.05, 3.63) is 46.8 Å². The Bertz CT molecular complexity index is 1220. The standard InChI is InChI=1S/C23H29BrFN4O9P/c1-12(2)35-21(32)13(3)29-39(33,38-14-8-6-5-7-9-14)34-11-15-18(30)23(4,25)22(36-15)37-20-17(19(26)31)28-16(24)10-27-20/h5-10,12-13,15,18,22,30H,11H2,1-4H3,(H2,26,31)(H,29,33)/t13?,15-,18-,22+,23-,39+/m1/s1. The van der Waals surface area contributed by atoms with Gasteiger partial charge in [-0.1, -0.05) is 18.2 Å². The maximum absolute atomic E-state index is 15.5. The van der Waals surface area contributed by atoms with Gasteiger partial charge in [0, 0.05) is 0 Å². The van der Waals surface area contributed by atoms with E-state index in [0.717, 1.165) is 6.92 Å².